The van der Waals surface area contributed by atoms with Crippen molar-refractivity contribution in [3.8, 4) is 0 Å². The molecule has 3 N–H and O–H groups in total. The molecule has 0 amide bonds. The largest absolute Gasteiger partial charge is 0.399 e. The number of nitrogens with two attached hydrogens (primary N) is 1. The van der Waals surface area contributed by atoms with Crippen molar-refractivity contribution in [2.24, 2.45) is 5.92 Å². The van der Waals surface area contributed by atoms with Gasteiger partial charge < -0.3 is 5.73 Å². The van der Waals surface area contributed by atoms with E-state index < -0.39 is 15.8 Å². The van der Waals surface area contributed by atoms with Crippen molar-refractivity contribution in [2.45, 2.75) is 37.0 Å². The molecule has 1 saturated carbocycles. The third kappa shape index (κ3) is 3.67. The molecule has 0 spiro atoms. The van der Waals surface area contributed by atoms with Gasteiger partial charge in [0.15, 0.2) is 0 Å². The molecule has 0 aromatic heterocycles. The Bertz CT molecular complexity index is 540. The Hall–Kier alpha value is -1.14. The second-order valence-electron chi connectivity index (χ2n) is 5.03. The van der Waals surface area contributed by atoms with Crippen molar-refractivity contribution in [3.05, 3.63) is 24.0 Å². The standard InChI is InChI=1S/C13H19FN2O2S/c14-12-6-5-11(15)9-13(12)19(17,18)16-8-7-10-3-1-2-4-10/h5-6,9-10,16H,1-4,7-8,15H2. The van der Waals surface area contributed by atoms with E-state index in [0.29, 0.717) is 12.5 Å². The van der Waals surface area contributed by atoms with Crippen LogP contribution in [0.25, 0.3) is 0 Å². The van der Waals surface area contributed by atoms with Crippen molar-refractivity contribution in [1.82, 2.24) is 4.72 Å². The minimum atomic E-state index is -3.81. The highest BCUT2D eigenvalue weighted by Crippen LogP contribution is 2.27. The summed E-state index contributed by atoms with van der Waals surface area (Å²) in [4.78, 5) is -0.376. The van der Waals surface area contributed by atoms with Crippen LogP contribution >= 0.6 is 0 Å². The predicted molar refractivity (Wildman–Crippen MR) is 72.6 cm³/mol. The summed E-state index contributed by atoms with van der Waals surface area (Å²) in [5.41, 5.74) is 5.73. The first-order valence-corrected chi connectivity index (χ1v) is 8.02. The maximum atomic E-state index is 13.5. The molecule has 6 heteroatoms. The SMILES string of the molecule is Nc1ccc(F)c(S(=O)(=O)NCCC2CCCC2)c1. The molecule has 0 aliphatic heterocycles. The molecule has 1 fully saturated rings. The summed E-state index contributed by atoms with van der Waals surface area (Å²) in [6, 6.07) is 3.56. The lowest BCUT2D eigenvalue weighted by Crippen LogP contribution is -2.26. The van der Waals surface area contributed by atoms with Crippen LogP contribution in [0, 0.1) is 11.7 Å². The summed E-state index contributed by atoms with van der Waals surface area (Å²) >= 11 is 0. The lowest BCUT2D eigenvalue weighted by Gasteiger charge is -2.11. The molecular formula is C13H19FN2O2S. The van der Waals surface area contributed by atoms with Crippen LogP contribution in [0.2, 0.25) is 0 Å². The number of nitrogens with one attached hydrogen (secondary N) is 1. The number of rotatable bonds is 5. The highest BCUT2D eigenvalue weighted by molar-refractivity contribution is 7.89. The average molecular weight is 286 g/mol. The molecular weight excluding hydrogens is 267 g/mol. The van der Waals surface area contributed by atoms with Gasteiger partial charge in [-0.3, -0.25) is 0 Å². The van der Waals surface area contributed by atoms with Gasteiger partial charge in [0.25, 0.3) is 0 Å². The van der Waals surface area contributed by atoms with Gasteiger partial charge in [0.05, 0.1) is 0 Å². The van der Waals surface area contributed by atoms with Crippen molar-refractivity contribution in [3.63, 3.8) is 0 Å². The number of anilines is 1. The van der Waals surface area contributed by atoms with E-state index in [9.17, 15) is 12.8 Å². The topological polar surface area (TPSA) is 72.2 Å². The summed E-state index contributed by atoms with van der Waals surface area (Å²) < 4.78 is 39.9. The summed E-state index contributed by atoms with van der Waals surface area (Å²) in [6.45, 7) is 0.348. The molecule has 0 saturated heterocycles. The van der Waals surface area contributed by atoms with Gasteiger partial charge in [-0.25, -0.2) is 17.5 Å². The smallest absolute Gasteiger partial charge is 0.243 e. The van der Waals surface area contributed by atoms with Crippen LogP contribution in [-0.2, 0) is 10.0 Å². The van der Waals surface area contributed by atoms with Gasteiger partial charge >= 0.3 is 0 Å². The average Bonchev–Trinajstić information content (AvgIpc) is 2.85. The second kappa shape index (κ2) is 5.88. The number of nitrogen functional groups attached to an aromatic ring is 1. The van der Waals surface area contributed by atoms with Gasteiger partial charge in [0.1, 0.15) is 10.7 Å². The van der Waals surface area contributed by atoms with Crippen LogP contribution in [0.5, 0.6) is 0 Å². The molecule has 0 atom stereocenters. The number of sulfonamides is 1. The van der Waals surface area contributed by atoms with Gasteiger partial charge in [0.2, 0.25) is 10.0 Å². The van der Waals surface area contributed by atoms with E-state index >= 15 is 0 Å². The lowest BCUT2D eigenvalue weighted by molar-refractivity contribution is 0.494. The molecule has 1 aliphatic carbocycles. The van der Waals surface area contributed by atoms with Gasteiger partial charge in [0, 0.05) is 12.2 Å². The molecule has 4 nitrogen and oxygen atoms in total. The van der Waals surface area contributed by atoms with Crippen LogP contribution in [0.4, 0.5) is 10.1 Å². The maximum absolute atomic E-state index is 13.5. The quantitative estimate of drug-likeness (QED) is 0.816. The molecule has 1 aliphatic rings. The van der Waals surface area contributed by atoms with E-state index in [1.807, 2.05) is 0 Å². The number of hydrogen-bond acceptors (Lipinski definition) is 3. The van der Waals surface area contributed by atoms with Crippen molar-refractivity contribution in [2.75, 3.05) is 12.3 Å². The predicted octanol–water partition coefficient (Wildman–Crippen LogP) is 2.27. The first-order chi connectivity index (χ1) is 8.99. The molecule has 0 heterocycles. The molecule has 1 aromatic carbocycles. The Morgan fingerprint density at radius 1 is 1.32 bits per heavy atom. The van der Waals surface area contributed by atoms with Crippen LogP contribution in [-0.4, -0.2) is 15.0 Å². The van der Waals surface area contributed by atoms with E-state index in [2.05, 4.69) is 4.72 Å². The summed E-state index contributed by atoms with van der Waals surface area (Å²) in [5.74, 6) is -0.184. The van der Waals surface area contributed by atoms with Gasteiger partial charge in [-0.2, -0.15) is 0 Å². The zero-order valence-corrected chi connectivity index (χ0v) is 11.5. The third-order valence-electron chi connectivity index (χ3n) is 3.56. The Balaban J connectivity index is 1.99. The molecule has 0 bridgehead atoms. The van der Waals surface area contributed by atoms with E-state index in [1.165, 1.54) is 18.9 Å². The Morgan fingerprint density at radius 3 is 2.68 bits per heavy atom. The molecule has 19 heavy (non-hydrogen) atoms. The number of hydrogen-bond donors (Lipinski definition) is 2. The molecule has 0 unspecified atom stereocenters. The van der Waals surface area contributed by atoms with Gasteiger partial charge in [-0.15, -0.1) is 0 Å². The zero-order chi connectivity index (χ0) is 13.9. The Kier molecular flexibility index (Phi) is 4.42. The molecule has 0 radical (unpaired) electrons. The lowest BCUT2D eigenvalue weighted by atomic mass is 10.1. The van der Waals surface area contributed by atoms with Crippen LogP contribution in [0.1, 0.15) is 32.1 Å². The van der Waals surface area contributed by atoms with Crippen molar-refractivity contribution in [1.29, 1.82) is 0 Å². The first-order valence-electron chi connectivity index (χ1n) is 6.54. The maximum Gasteiger partial charge on any atom is 0.243 e. The first kappa shape index (κ1) is 14.3. The van der Waals surface area contributed by atoms with Crippen molar-refractivity contribution < 1.29 is 12.8 Å². The highest BCUT2D eigenvalue weighted by atomic mass is 32.2. The fourth-order valence-electron chi connectivity index (χ4n) is 2.50. The number of benzene rings is 1. The Morgan fingerprint density at radius 2 is 2.00 bits per heavy atom. The van der Waals surface area contributed by atoms with E-state index in [4.69, 9.17) is 5.73 Å². The van der Waals surface area contributed by atoms with Crippen LogP contribution in [0.3, 0.4) is 0 Å². The van der Waals surface area contributed by atoms with Crippen LogP contribution in [0.15, 0.2) is 23.1 Å². The summed E-state index contributed by atoms with van der Waals surface area (Å²) in [6.07, 6.45) is 5.58. The minimum absolute atomic E-state index is 0.234. The monoisotopic (exact) mass is 286 g/mol. The minimum Gasteiger partial charge on any atom is -0.399 e. The molecule has 106 valence electrons. The van der Waals surface area contributed by atoms with E-state index in [1.54, 1.807) is 0 Å². The van der Waals surface area contributed by atoms with Gasteiger partial charge in [-0.05, 0) is 30.5 Å². The zero-order valence-electron chi connectivity index (χ0n) is 10.7. The molecule has 1 aromatic rings. The normalized spacial score (nSPS) is 16.9. The summed E-state index contributed by atoms with van der Waals surface area (Å²) in [5, 5.41) is 0. The highest BCUT2D eigenvalue weighted by Gasteiger charge is 2.20. The van der Waals surface area contributed by atoms with Crippen LogP contribution < -0.4 is 10.5 Å². The fourth-order valence-corrected chi connectivity index (χ4v) is 3.66. The van der Waals surface area contributed by atoms with Crippen molar-refractivity contribution >= 4 is 15.7 Å². The van der Waals surface area contributed by atoms with Gasteiger partial charge in [-0.1, -0.05) is 25.7 Å². The van der Waals surface area contributed by atoms with E-state index in [0.717, 1.165) is 31.4 Å². The fraction of sp³-hybridized carbons (Fsp3) is 0.538. The number of halogens is 1. The molecule has 2 rings (SSSR count). The summed E-state index contributed by atoms with van der Waals surface area (Å²) in [7, 11) is -3.81. The van der Waals surface area contributed by atoms with E-state index in [-0.39, 0.29) is 10.6 Å². The Labute approximate surface area is 113 Å². The second-order valence-corrected chi connectivity index (χ2v) is 6.76. The third-order valence-corrected chi connectivity index (χ3v) is 5.04.